The van der Waals surface area contributed by atoms with Crippen molar-refractivity contribution in [2.75, 3.05) is 0 Å². The van der Waals surface area contributed by atoms with Crippen molar-refractivity contribution >= 4 is 34.2 Å². The Morgan fingerprint density at radius 2 is 2.30 bits per heavy atom. The van der Waals surface area contributed by atoms with Crippen molar-refractivity contribution in [3.8, 4) is 0 Å². The number of rotatable bonds is 4. The van der Waals surface area contributed by atoms with Crippen LogP contribution in [0.1, 0.15) is 10.4 Å². The smallest absolute Gasteiger partial charge is 0.226 e. The van der Waals surface area contributed by atoms with Gasteiger partial charge in [-0.25, -0.2) is 4.98 Å². The summed E-state index contributed by atoms with van der Waals surface area (Å²) in [5, 5.41) is 6.10. The first kappa shape index (κ1) is 13.8. The number of thiophene rings is 1. The van der Waals surface area contributed by atoms with Crippen LogP contribution in [0.2, 0.25) is 0 Å². The highest BCUT2D eigenvalue weighted by molar-refractivity contribution is 7.09. The van der Waals surface area contributed by atoms with Gasteiger partial charge in [-0.1, -0.05) is 6.07 Å². The SMILES string of the molecule is O=C1C=C(NCc2cccs2)O/C1=C\c1c[nH]c2ncccc12. The molecule has 0 saturated carbocycles. The molecule has 0 atom stereocenters. The Kier molecular flexibility index (Phi) is 3.44. The van der Waals surface area contributed by atoms with Crippen LogP contribution in [-0.2, 0) is 16.1 Å². The normalized spacial score (nSPS) is 15.9. The van der Waals surface area contributed by atoms with Crippen LogP contribution in [0.4, 0.5) is 0 Å². The summed E-state index contributed by atoms with van der Waals surface area (Å²) in [6.45, 7) is 0.640. The summed E-state index contributed by atoms with van der Waals surface area (Å²) in [4.78, 5) is 20.6. The van der Waals surface area contributed by atoms with Crippen LogP contribution in [0, 0.1) is 0 Å². The van der Waals surface area contributed by atoms with Gasteiger partial charge in [-0.05, 0) is 29.7 Å². The number of pyridine rings is 1. The number of H-pyrrole nitrogens is 1. The van der Waals surface area contributed by atoms with E-state index in [0.717, 1.165) is 16.6 Å². The average Bonchev–Trinajstić information content (AvgIpc) is 3.28. The fourth-order valence-corrected chi connectivity index (χ4v) is 3.05. The number of aromatic nitrogens is 2. The minimum Gasteiger partial charge on any atom is -0.437 e. The Balaban J connectivity index is 1.51. The van der Waals surface area contributed by atoms with E-state index in [1.165, 1.54) is 11.0 Å². The molecule has 0 fully saturated rings. The van der Waals surface area contributed by atoms with Crippen molar-refractivity contribution in [1.82, 2.24) is 15.3 Å². The van der Waals surface area contributed by atoms with E-state index in [1.54, 1.807) is 23.6 Å². The third kappa shape index (κ3) is 2.76. The number of nitrogens with one attached hydrogen (secondary N) is 2. The Labute approximate surface area is 136 Å². The van der Waals surface area contributed by atoms with E-state index in [-0.39, 0.29) is 5.78 Å². The molecule has 0 amide bonds. The number of carbonyl (C=O) groups is 1. The van der Waals surface area contributed by atoms with Crippen molar-refractivity contribution in [2.24, 2.45) is 0 Å². The zero-order valence-electron chi connectivity index (χ0n) is 12.1. The molecule has 23 heavy (non-hydrogen) atoms. The molecule has 4 heterocycles. The van der Waals surface area contributed by atoms with Crippen LogP contribution in [0.3, 0.4) is 0 Å². The second-order valence-corrected chi connectivity index (χ2v) is 6.09. The maximum absolute atomic E-state index is 12.1. The Morgan fingerprint density at radius 1 is 1.35 bits per heavy atom. The van der Waals surface area contributed by atoms with Crippen LogP contribution in [0.15, 0.2) is 59.8 Å². The quantitative estimate of drug-likeness (QED) is 0.724. The minimum atomic E-state index is -0.142. The molecule has 0 aliphatic carbocycles. The molecule has 0 unspecified atom stereocenters. The van der Waals surface area contributed by atoms with Crippen molar-refractivity contribution in [1.29, 1.82) is 0 Å². The predicted molar refractivity (Wildman–Crippen MR) is 89.4 cm³/mol. The van der Waals surface area contributed by atoms with Crippen LogP contribution in [0.25, 0.3) is 17.1 Å². The van der Waals surface area contributed by atoms with Crippen LogP contribution in [0.5, 0.6) is 0 Å². The highest BCUT2D eigenvalue weighted by atomic mass is 32.1. The Hall–Kier alpha value is -2.86. The van der Waals surface area contributed by atoms with Gasteiger partial charge in [-0.3, -0.25) is 4.79 Å². The predicted octanol–water partition coefficient (Wildman–Crippen LogP) is 3.20. The van der Waals surface area contributed by atoms with Gasteiger partial charge in [0.15, 0.2) is 11.6 Å². The fourth-order valence-electron chi connectivity index (χ4n) is 2.40. The maximum Gasteiger partial charge on any atom is 0.226 e. The van der Waals surface area contributed by atoms with Crippen molar-refractivity contribution in [3.05, 3.63) is 70.2 Å². The molecule has 0 bridgehead atoms. The second kappa shape index (κ2) is 5.73. The molecule has 5 nitrogen and oxygen atoms in total. The summed E-state index contributed by atoms with van der Waals surface area (Å²) in [6, 6.07) is 7.84. The number of aromatic amines is 1. The lowest BCUT2D eigenvalue weighted by Crippen LogP contribution is -2.11. The lowest BCUT2D eigenvalue weighted by molar-refractivity contribution is -0.112. The number of fused-ring (bicyclic) bond motifs is 1. The van der Waals surface area contributed by atoms with E-state index < -0.39 is 0 Å². The van der Waals surface area contributed by atoms with Crippen LogP contribution >= 0.6 is 11.3 Å². The molecule has 4 rings (SSSR count). The Morgan fingerprint density at radius 3 is 3.17 bits per heavy atom. The minimum absolute atomic E-state index is 0.142. The van der Waals surface area contributed by atoms with Crippen LogP contribution < -0.4 is 5.32 Å². The third-order valence-electron chi connectivity index (χ3n) is 3.51. The summed E-state index contributed by atoms with van der Waals surface area (Å²) in [5.74, 6) is 0.646. The molecular formula is C17H13N3O2S. The van der Waals surface area contributed by atoms with Gasteiger partial charge < -0.3 is 15.0 Å². The van der Waals surface area contributed by atoms with Gasteiger partial charge in [-0.2, -0.15) is 0 Å². The molecule has 3 aromatic rings. The van der Waals surface area contributed by atoms with Crippen molar-refractivity contribution in [3.63, 3.8) is 0 Å². The van der Waals surface area contributed by atoms with Gasteiger partial charge in [0.1, 0.15) is 5.65 Å². The van der Waals surface area contributed by atoms with Gasteiger partial charge in [-0.15, -0.1) is 11.3 Å². The third-order valence-corrected chi connectivity index (χ3v) is 4.39. The summed E-state index contributed by atoms with van der Waals surface area (Å²) in [7, 11) is 0. The van der Waals surface area contributed by atoms with Gasteiger partial charge in [0.05, 0.1) is 6.54 Å². The van der Waals surface area contributed by atoms with E-state index >= 15 is 0 Å². The summed E-state index contributed by atoms with van der Waals surface area (Å²) < 4.78 is 5.63. The maximum atomic E-state index is 12.1. The number of nitrogens with zero attached hydrogens (tertiary/aromatic N) is 1. The summed E-state index contributed by atoms with van der Waals surface area (Å²) in [5.41, 5.74) is 1.66. The van der Waals surface area contributed by atoms with Gasteiger partial charge in [0.2, 0.25) is 5.78 Å². The molecule has 2 N–H and O–H groups in total. The number of ketones is 1. The topological polar surface area (TPSA) is 67.0 Å². The number of ether oxygens (including phenoxy) is 1. The Bertz CT molecular complexity index is 922. The molecule has 1 aliphatic heterocycles. The molecule has 0 radical (unpaired) electrons. The van der Waals surface area contributed by atoms with Crippen molar-refractivity contribution in [2.45, 2.75) is 6.54 Å². The number of hydrogen-bond acceptors (Lipinski definition) is 5. The lowest BCUT2D eigenvalue weighted by atomic mass is 10.2. The monoisotopic (exact) mass is 323 g/mol. The average molecular weight is 323 g/mol. The standard InChI is InChI=1S/C17H13N3O2S/c21-14-8-16(19-10-12-3-2-6-23-12)22-15(14)7-11-9-20-17-13(11)4-1-5-18-17/h1-9,19H,10H2,(H,18,20)/b15-7-. The zero-order valence-corrected chi connectivity index (χ0v) is 12.9. The summed E-state index contributed by atoms with van der Waals surface area (Å²) >= 11 is 1.66. The number of allylic oxidation sites excluding steroid dienone is 1. The van der Waals surface area contributed by atoms with E-state index in [1.807, 2.05) is 35.8 Å². The summed E-state index contributed by atoms with van der Waals surface area (Å²) in [6.07, 6.45) is 6.76. The highest BCUT2D eigenvalue weighted by Crippen LogP contribution is 2.23. The molecule has 0 saturated heterocycles. The van der Waals surface area contributed by atoms with E-state index in [9.17, 15) is 4.79 Å². The second-order valence-electron chi connectivity index (χ2n) is 5.06. The molecule has 0 aromatic carbocycles. The lowest BCUT2D eigenvalue weighted by Gasteiger charge is -2.06. The van der Waals surface area contributed by atoms with E-state index in [4.69, 9.17) is 4.74 Å². The van der Waals surface area contributed by atoms with Gasteiger partial charge in [0, 0.05) is 34.3 Å². The van der Waals surface area contributed by atoms with Gasteiger partial charge in [0.25, 0.3) is 0 Å². The first-order valence-corrected chi connectivity index (χ1v) is 8.01. The fraction of sp³-hybridized carbons (Fsp3) is 0.0588. The molecule has 0 spiro atoms. The number of carbonyl (C=O) groups excluding carboxylic acids is 1. The molecule has 114 valence electrons. The largest absolute Gasteiger partial charge is 0.437 e. The molecule has 3 aromatic heterocycles. The van der Waals surface area contributed by atoms with Gasteiger partial charge >= 0.3 is 0 Å². The first-order chi connectivity index (χ1) is 11.3. The number of hydrogen-bond donors (Lipinski definition) is 2. The van der Waals surface area contributed by atoms with Crippen LogP contribution in [-0.4, -0.2) is 15.8 Å². The first-order valence-electron chi connectivity index (χ1n) is 7.13. The molecular weight excluding hydrogens is 310 g/mol. The van der Waals surface area contributed by atoms with Crippen molar-refractivity contribution < 1.29 is 9.53 Å². The highest BCUT2D eigenvalue weighted by Gasteiger charge is 2.21. The van der Waals surface area contributed by atoms with E-state index in [0.29, 0.717) is 18.2 Å². The molecule has 1 aliphatic rings. The van der Waals surface area contributed by atoms with E-state index in [2.05, 4.69) is 15.3 Å². The molecule has 6 heteroatoms. The zero-order chi connectivity index (χ0) is 15.6.